The maximum Gasteiger partial charge on any atom is 0.239 e. The highest BCUT2D eigenvalue weighted by atomic mass is 35.5. The van der Waals surface area contributed by atoms with Crippen molar-refractivity contribution in [3.63, 3.8) is 0 Å². The SMILES string of the molecule is O=C(c1ccc(F)cc1)[C@@H]1[C@@H]2C(=O)N(c3ccccc3Cl)C(=O)[C@@H]2[C@@H]2CCCN12. The predicted molar refractivity (Wildman–Crippen MR) is 105 cm³/mol. The van der Waals surface area contributed by atoms with Gasteiger partial charge >= 0.3 is 0 Å². The summed E-state index contributed by atoms with van der Waals surface area (Å²) in [7, 11) is 0. The average Bonchev–Trinajstić information content (AvgIpc) is 3.35. The Hall–Kier alpha value is -2.57. The fraction of sp³-hybridized carbons (Fsp3) is 0.318. The van der Waals surface area contributed by atoms with E-state index in [0.29, 0.717) is 22.8 Å². The van der Waals surface area contributed by atoms with Gasteiger partial charge in [-0.1, -0.05) is 23.7 Å². The normalized spacial score (nSPS) is 28.7. The topological polar surface area (TPSA) is 57.7 Å². The monoisotopic (exact) mass is 412 g/mol. The number of hydrogen-bond acceptors (Lipinski definition) is 4. The Morgan fingerprint density at radius 3 is 2.41 bits per heavy atom. The molecule has 7 heteroatoms. The minimum atomic E-state index is -0.748. The summed E-state index contributed by atoms with van der Waals surface area (Å²) in [6.45, 7) is 0.669. The Bertz CT molecular complexity index is 1020. The number of benzene rings is 2. The zero-order chi connectivity index (χ0) is 20.3. The van der Waals surface area contributed by atoms with Crippen LogP contribution in [0.4, 0.5) is 10.1 Å². The minimum absolute atomic E-state index is 0.140. The summed E-state index contributed by atoms with van der Waals surface area (Å²) in [5.74, 6) is -2.66. The van der Waals surface area contributed by atoms with Crippen LogP contribution in [0.15, 0.2) is 48.5 Å². The molecule has 148 valence electrons. The molecule has 0 radical (unpaired) electrons. The summed E-state index contributed by atoms with van der Waals surface area (Å²) in [5, 5.41) is 0.318. The van der Waals surface area contributed by atoms with Crippen LogP contribution in [0.25, 0.3) is 0 Å². The van der Waals surface area contributed by atoms with Crippen LogP contribution in [0.5, 0.6) is 0 Å². The molecule has 0 N–H and O–H groups in total. The molecule has 2 aromatic rings. The lowest BCUT2D eigenvalue weighted by Gasteiger charge is -2.27. The maximum atomic E-state index is 13.4. The van der Waals surface area contributed by atoms with Gasteiger partial charge in [0, 0.05) is 11.6 Å². The highest BCUT2D eigenvalue weighted by Gasteiger charge is 2.64. The number of imide groups is 1. The smallest absolute Gasteiger partial charge is 0.239 e. The predicted octanol–water partition coefficient (Wildman–Crippen LogP) is 3.31. The molecule has 2 amide bonds. The van der Waals surface area contributed by atoms with Crippen molar-refractivity contribution in [1.29, 1.82) is 0 Å². The van der Waals surface area contributed by atoms with E-state index in [1.54, 1.807) is 24.3 Å². The standard InChI is InChI=1S/C22H18ClFN2O3/c23-14-4-1-2-5-15(14)26-21(28)17-16-6-3-11-25(16)19(18(17)22(26)29)20(27)12-7-9-13(24)10-8-12/h1-2,4-5,7-10,16-19H,3,6,11H2/t16-,17+,18+,19-/m0/s1. The molecule has 0 spiro atoms. The summed E-state index contributed by atoms with van der Waals surface area (Å²) in [6, 6.07) is 11.2. The molecule has 4 atom stereocenters. The van der Waals surface area contributed by atoms with Gasteiger partial charge < -0.3 is 0 Å². The first-order valence-corrected chi connectivity index (χ1v) is 10.0. The Kier molecular flexibility index (Phi) is 4.29. The van der Waals surface area contributed by atoms with Crippen LogP contribution >= 0.6 is 11.6 Å². The number of carbonyl (C=O) groups is 3. The molecule has 3 saturated heterocycles. The number of hydrogen-bond donors (Lipinski definition) is 0. The van der Waals surface area contributed by atoms with Gasteiger partial charge in [0.05, 0.1) is 28.6 Å². The van der Waals surface area contributed by atoms with Gasteiger partial charge in [0.2, 0.25) is 11.8 Å². The molecule has 0 aromatic heterocycles. The lowest BCUT2D eigenvalue weighted by Crippen LogP contribution is -2.46. The van der Waals surface area contributed by atoms with Gasteiger partial charge in [-0.2, -0.15) is 0 Å². The Labute approximate surface area is 172 Å². The van der Waals surface area contributed by atoms with Gasteiger partial charge in [0.15, 0.2) is 5.78 Å². The summed E-state index contributed by atoms with van der Waals surface area (Å²) in [5.41, 5.74) is 0.704. The van der Waals surface area contributed by atoms with Crippen molar-refractivity contribution in [2.45, 2.75) is 24.9 Å². The van der Waals surface area contributed by atoms with Gasteiger partial charge in [-0.05, 0) is 55.8 Å². The zero-order valence-electron chi connectivity index (χ0n) is 15.4. The van der Waals surface area contributed by atoms with Crippen molar-refractivity contribution in [3.05, 3.63) is 64.9 Å². The molecule has 2 aromatic carbocycles. The van der Waals surface area contributed by atoms with Crippen molar-refractivity contribution >= 4 is 34.9 Å². The Balaban J connectivity index is 1.56. The summed E-state index contributed by atoms with van der Waals surface area (Å²) < 4.78 is 13.3. The third-order valence-electron chi connectivity index (χ3n) is 6.34. The Morgan fingerprint density at radius 2 is 1.69 bits per heavy atom. The van der Waals surface area contributed by atoms with Crippen LogP contribution in [0, 0.1) is 17.7 Å². The van der Waals surface area contributed by atoms with Crippen LogP contribution in [0.2, 0.25) is 5.02 Å². The van der Waals surface area contributed by atoms with E-state index in [0.717, 1.165) is 17.7 Å². The van der Waals surface area contributed by atoms with Crippen molar-refractivity contribution < 1.29 is 18.8 Å². The second-order valence-electron chi connectivity index (χ2n) is 7.78. The maximum absolute atomic E-state index is 13.4. The lowest BCUT2D eigenvalue weighted by molar-refractivity contribution is -0.123. The van der Waals surface area contributed by atoms with Crippen LogP contribution in [-0.2, 0) is 9.59 Å². The summed E-state index contributed by atoms with van der Waals surface area (Å²) in [6.07, 6.45) is 1.64. The van der Waals surface area contributed by atoms with E-state index >= 15 is 0 Å². The lowest BCUT2D eigenvalue weighted by atomic mass is 9.85. The highest BCUT2D eigenvalue weighted by Crippen LogP contribution is 2.49. The molecule has 3 fully saturated rings. The minimum Gasteiger partial charge on any atom is -0.292 e. The zero-order valence-corrected chi connectivity index (χ0v) is 16.2. The van der Waals surface area contributed by atoms with Gasteiger partial charge in [-0.15, -0.1) is 0 Å². The quantitative estimate of drug-likeness (QED) is 0.573. The fourth-order valence-electron chi connectivity index (χ4n) is 5.17. The number of halogens is 2. The first kappa shape index (κ1) is 18.5. The van der Waals surface area contributed by atoms with Crippen LogP contribution in [0.1, 0.15) is 23.2 Å². The van der Waals surface area contributed by atoms with Crippen molar-refractivity contribution in [2.24, 2.45) is 11.8 Å². The molecule has 0 saturated carbocycles. The van der Waals surface area contributed by atoms with E-state index in [9.17, 15) is 18.8 Å². The van der Waals surface area contributed by atoms with E-state index in [4.69, 9.17) is 11.6 Å². The van der Waals surface area contributed by atoms with Gasteiger partial charge in [0.1, 0.15) is 5.82 Å². The Morgan fingerprint density at radius 1 is 1.00 bits per heavy atom. The van der Waals surface area contributed by atoms with Crippen molar-refractivity contribution in [2.75, 3.05) is 11.4 Å². The summed E-state index contributed by atoms with van der Waals surface area (Å²) >= 11 is 6.25. The molecular weight excluding hydrogens is 395 g/mol. The second kappa shape index (κ2) is 6.75. The molecule has 0 unspecified atom stereocenters. The number of anilines is 1. The third kappa shape index (κ3) is 2.66. The van der Waals surface area contributed by atoms with Gasteiger partial charge in [-0.3, -0.25) is 19.3 Å². The molecular formula is C22H18ClFN2O3. The van der Waals surface area contributed by atoms with E-state index in [-0.39, 0.29) is 23.6 Å². The van der Waals surface area contributed by atoms with Crippen LogP contribution in [0.3, 0.4) is 0 Å². The van der Waals surface area contributed by atoms with E-state index in [2.05, 4.69) is 0 Å². The molecule has 3 aliphatic heterocycles. The van der Waals surface area contributed by atoms with E-state index in [1.807, 2.05) is 4.90 Å². The van der Waals surface area contributed by atoms with Crippen LogP contribution in [-0.4, -0.2) is 41.1 Å². The fourth-order valence-corrected chi connectivity index (χ4v) is 5.39. The highest BCUT2D eigenvalue weighted by molar-refractivity contribution is 6.36. The molecule has 5 nitrogen and oxygen atoms in total. The number of para-hydroxylation sites is 1. The van der Waals surface area contributed by atoms with E-state index in [1.165, 1.54) is 24.3 Å². The number of nitrogens with zero attached hydrogens (tertiary/aromatic N) is 2. The first-order chi connectivity index (χ1) is 14.0. The summed E-state index contributed by atoms with van der Waals surface area (Å²) in [4.78, 5) is 43.2. The molecule has 3 aliphatic rings. The molecule has 3 heterocycles. The number of ketones is 1. The van der Waals surface area contributed by atoms with Crippen molar-refractivity contribution in [1.82, 2.24) is 4.90 Å². The number of fused-ring (bicyclic) bond motifs is 3. The largest absolute Gasteiger partial charge is 0.292 e. The first-order valence-electron chi connectivity index (χ1n) is 9.67. The molecule has 29 heavy (non-hydrogen) atoms. The number of rotatable bonds is 3. The van der Waals surface area contributed by atoms with Gasteiger partial charge in [0.25, 0.3) is 0 Å². The molecule has 0 bridgehead atoms. The average molecular weight is 413 g/mol. The van der Waals surface area contributed by atoms with Crippen LogP contribution < -0.4 is 4.90 Å². The second-order valence-corrected chi connectivity index (χ2v) is 8.19. The van der Waals surface area contributed by atoms with E-state index < -0.39 is 23.7 Å². The molecule has 0 aliphatic carbocycles. The number of carbonyl (C=O) groups excluding carboxylic acids is 3. The number of amides is 2. The van der Waals surface area contributed by atoms with Gasteiger partial charge in [-0.25, -0.2) is 9.29 Å². The molecule has 5 rings (SSSR count). The number of Topliss-reactive ketones (excluding diaryl/α,β-unsaturated/α-hetero) is 1. The van der Waals surface area contributed by atoms with Crippen molar-refractivity contribution in [3.8, 4) is 0 Å². The third-order valence-corrected chi connectivity index (χ3v) is 6.66.